The van der Waals surface area contributed by atoms with Crippen molar-refractivity contribution in [3.63, 3.8) is 0 Å². The van der Waals surface area contributed by atoms with Gasteiger partial charge in [-0.15, -0.1) is 0 Å². The Morgan fingerprint density at radius 2 is 1.67 bits per heavy atom. The summed E-state index contributed by atoms with van der Waals surface area (Å²) in [6.07, 6.45) is 3.49. The molecule has 1 heterocycles. The largest absolute Gasteiger partial charge is 0.369 e. The minimum atomic E-state index is -0.162. The van der Waals surface area contributed by atoms with E-state index in [0.29, 0.717) is 6.04 Å². The maximum atomic E-state index is 13.1. The van der Waals surface area contributed by atoms with E-state index in [2.05, 4.69) is 47.1 Å². The normalized spacial score (nSPS) is 16.2. The van der Waals surface area contributed by atoms with Gasteiger partial charge in [-0.1, -0.05) is 30.3 Å². The number of likely N-dealkylation sites (tertiary alicyclic amines) is 1. The third-order valence-electron chi connectivity index (χ3n) is 5.06. The maximum Gasteiger partial charge on any atom is 0.123 e. The van der Waals surface area contributed by atoms with Gasteiger partial charge in [-0.25, -0.2) is 4.39 Å². The summed E-state index contributed by atoms with van der Waals surface area (Å²) < 4.78 is 13.1. The molecule has 0 radical (unpaired) electrons. The summed E-state index contributed by atoms with van der Waals surface area (Å²) in [7, 11) is 0. The molecule has 0 unspecified atom stereocenters. The molecule has 24 heavy (non-hydrogen) atoms. The van der Waals surface area contributed by atoms with E-state index in [-0.39, 0.29) is 5.82 Å². The van der Waals surface area contributed by atoms with E-state index in [4.69, 9.17) is 0 Å². The van der Waals surface area contributed by atoms with Gasteiger partial charge in [0.15, 0.2) is 0 Å². The molecule has 0 atom stereocenters. The molecule has 1 aliphatic rings. The molecular weight excluding hydrogens is 299 g/mol. The Hall–Kier alpha value is -1.87. The average Bonchev–Trinajstić information content (AvgIpc) is 2.64. The van der Waals surface area contributed by atoms with Crippen LogP contribution in [-0.2, 0) is 6.42 Å². The van der Waals surface area contributed by atoms with Gasteiger partial charge in [0.05, 0.1) is 0 Å². The predicted molar refractivity (Wildman–Crippen MR) is 99.0 cm³/mol. The van der Waals surface area contributed by atoms with E-state index in [1.165, 1.54) is 18.4 Å². The lowest BCUT2D eigenvalue weighted by Crippen LogP contribution is -2.45. The number of piperidine rings is 1. The van der Waals surface area contributed by atoms with Gasteiger partial charge in [-0.2, -0.15) is 0 Å². The lowest BCUT2D eigenvalue weighted by molar-refractivity contribution is 0.211. The Balaban J connectivity index is 1.51. The second-order valence-electron chi connectivity index (χ2n) is 6.57. The van der Waals surface area contributed by atoms with Crippen molar-refractivity contribution in [3.05, 3.63) is 66.0 Å². The van der Waals surface area contributed by atoms with Crippen molar-refractivity contribution in [2.24, 2.45) is 0 Å². The third kappa shape index (κ3) is 4.35. The lowest BCUT2D eigenvalue weighted by Gasteiger charge is -2.39. The van der Waals surface area contributed by atoms with Crippen LogP contribution in [0.1, 0.15) is 25.3 Å². The molecule has 0 N–H and O–H groups in total. The van der Waals surface area contributed by atoms with Crippen molar-refractivity contribution in [2.45, 2.75) is 32.2 Å². The van der Waals surface area contributed by atoms with E-state index in [1.807, 2.05) is 12.1 Å². The standard InChI is InChI=1S/C21H27FN2/c1-2-24(20-10-8-19(22)9-11-20)21-13-16-23(17-14-21)15-12-18-6-4-3-5-7-18/h3-11,21H,2,12-17H2,1H3. The zero-order chi connectivity index (χ0) is 16.8. The van der Waals surface area contributed by atoms with Gasteiger partial charge < -0.3 is 9.80 Å². The molecule has 0 amide bonds. The Morgan fingerprint density at radius 3 is 2.29 bits per heavy atom. The SMILES string of the molecule is CCN(c1ccc(F)cc1)C1CCN(CCc2ccccc2)CC1. The van der Waals surface area contributed by atoms with E-state index in [9.17, 15) is 4.39 Å². The summed E-state index contributed by atoms with van der Waals surface area (Å²) in [6, 6.07) is 18.2. The molecule has 2 aromatic rings. The van der Waals surface area contributed by atoms with Crippen LogP contribution in [0.5, 0.6) is 0 Å². The van der Waals surface area contributed by atoms with E-state index in [1.54, 1.807) is 12.1 Å². The fourth-order valence-corrected chi connectivity index (χ4v) is 3.67. The van der Waals surface area contributed by atoms with E-state index < -0.39 is 0 Å². The molecule has 0 aliphatic carbocycles. The average molecular weight is 326 g/mol. The van der Waals surface area contributed by atoms with Gasteiger partial charge in [0, 0.05) is 37.9 Å². The molecule has 0 saturated carbocycles. The number of nitrogens with zero attached hydrogens (tertiary/aromatic N) is 2. The van der Waals surface area contributed by atoms with Crippen LogP contribution in [0.2, 0.25) is 0 Å². The van der Waals surface area contributed by atoms with Crippen molar-refractivity contribution in [1.82, 2.24) is 4.90 Å². The van der Waals surface area contributed by atoms with Crippen molar-refractivity contribution >= 4 is 5.69 Å². The highest BCUT2D eigenvalue weighted by atomic mass is 19.1. The minimum Gasteiger partial charge on any atom is -0.369 e. The first-order chi connectivity index (χ1) is 11.8. The highest BCUT2D eigenvalue weighted by Crippen LogP contribution is 2.24. The summed E-state index contributed by atoms with van der Waals surface area (Å²) in [5, 5.41) is 0. The zero-order valence-electron chi connectivity index (χ0n) is 14.5. The third-order valence-corrected chi connectivity index (χ3v) is 5.06. The summed E-state index contributed by atoms with van der Waals surface area (Å²) in [5.74, 6) is -0.162. The van der Waals surface area contributed by atoms with Crippen LogP contribution in [0.3, 0.4) is 0 Å². The molecule has 3 rings (SSSR count). The summed E-state index contributed by atoms with van der Waals surface area (Å²) in [6.45, 7) is 6.59. The Labute approximate surface area is 144 Å². The Morgan fingerprint density at radius 1 is 1.00 bits per heavy atom. The first-order valence-electron chi connectivity index (χ1n) is 9.04. The Bertz CT molecular complexity index is 603. The van der Waals surface area contributed by atoms with Gasteiger partial charge in [0.1, 0.15) is 5.82 Å². The zero-order valence-corrected chi connectivity index (χ0v) is 14.5. The van der Waals surface area contributed by atoms with Crippen LogP contribution in [0.4, 0.5) is 10.1 Å². The van der Waals surface area contributed by atoms with Crippen molar-refractivity contribution in [2.75, 3.05) is 31.1 Å². The minimum absolute atomic E-state index is 0.162. The topological polar surface area (TPSA) is 6.48 Å². The fraction of sp³-hybridized carbons (Fsp3) is 0.429. The van der Waals surface area contributed by atoms with Crippen LogP contribution >= 0.6 is 0 Å². The highest BCUT2D eigenvalue weighted by Gasteiger charge is 2.23. The smallest absolute Gasteiger partial charge is 0.123 e. The molecule has 1 fully saturated rings. The second-order valence-corrected chi connectivity index (χ2v) is 6.57. The van der Waals surface area contributed by atoms with Gasteiger partial charge in [-0.05, 0) is 56.0 Å². The monoisotopic (exact) mass is 326 g/mol. The number of halogens is 1. The molecular formula is C21H27FN2. The number of anilines is 1. The van der Waals surface area contributed by atoms with Gasteiger partial charge in [0.25, 0.3) is 0 Å². The van der Waals surface area contributed by atoms with E-state index >= 15 is 0 Å². The quantitative estimate of drug-likeness (QED) is 0.778. The van der Waals surface area contributed by atoms with Crippen LogP contribution in [0.25, 0.3) is 0 Å². The van der Waals surface area contributed by atoms with E-state index in [0.717, 1.165) is 38.3 Å². The summed E-state index contributed by atoms with van der Waals surface area (Å²) in [4.78, 5) is 5.00. The summed E-state index contributed by atoms with van der Waals surface area (Å²) in [5.41, 5.74) is 2.56. The number of hydrogen-bond acceptors (Lipinski definition) is 2. The molecule has 128 valence electrons. The molecule has 2 nitrogen and oxygen atoms in total. The molecule has 0 spiro atoms. The molecule has 0 aromatic heterocycles. The van der Waals surface area contributed by atoms with Crippen LogP contribution in [0, 0.1) is 5.82 Å². The van der Waals surface area contributed by atoms with Gasteiger partial charge >= 0.3 is 0 Å². The fourth-order valence-electron chi connectivity index (χ4n) is 3.67. The number of hydrogen-bond donors (Lipinski definition) is 0. The molecule has 0 bridgehead atoms. The number of rotatable bonds is 6. The molecule has 1 aliphatic heterocycles. The molecule has 1 saturated heterocycles. The lowest BCUT2D eigenvalue weighted by atomic mass is 10.0. The van der Waals surface area contributed by atoms with Crippen molar-refractivity contribution < 1.29 is 4.39 Å². The van der Waals surface area contributed by atoms with Crippen LogP contribution in [0.15, 0.2) is 54.6 Å². The first kappa shape index (κ1) is 17.0. The predicted octanol–water partition coefficient (Wildman–Crippen LogP) is 4.36. The van der Waals surface area contributed by atoms with Gasteiger partial charge in [-0.3, -0.25) is 0 Å². The molecule has 2 aromatic carbocycles. The molecule has 3 heteroatoms. The maximum absolute atomic E-state index is 13.1. The van der Waals surface area contributed by atoms with Crippen molar-refractivity contribution in [1.29, 1.82) is 0 Å². The van der Waals surface area contributed by atoms with Crippen molar-refractivity contribution in [3.8, 4) is 0 Å². The highest BCUT2D eigenvalue weighted by molar-refractivity contribution is 5.47. The summed E-state index contributed by atoms with van der Waals surface area (Å²) >= 11 is 0. The van der Waals surface area contributed by atoms with Crippen LogP contribution < -0.4 is 4.90 Å². The first-order valence-corrected chi connectivity index (χ1v) is 9.04. The Kier molecular flexibility index (Phi) is 5.86. The second kappa shape index (κ2) is 8.29. The number of benzene rings is 2. The van der Waals surface area contributed by atoms with Gasteiger partial charge in [0.2, 0.25) is 0 Å². The van der Waals surface area contributed by atoms with Crippen LogP contribution in [-0.4, -0.2) is 37.1 Å².